The van der Waals surface area contributed by atoms with Crippen LogP contribution in [0.5, 0.6) is 0 Å². The Kier molecular flexibility index (Phi) is 3.74. The molecule has 0 radical (unpaired) electrons. The predicted octanol–water partition coefficient (Wildman–Crippen LogP) is 2.55. The molecule has 1 aromatic rings. The highest BCUT2D eigenvalue weighted by Gasteiger charge is 2.34. The zero-order valence-electron chi connectivity index (χ0n) is 13.0. The molecule has 0 bridgehead atoms. The molecule has 2 aliphatic rings. The van der Waals surface area contributed by atoms with Gasteiger partial charge in [-0.05, 0) is 50.3 Å². The standard InChI is InChI=1S/C17H27N3/c1-12(2)20-10-8-15(18)17(20)14-6-7-16-13(11-14)5-4-9-19(16)3/h6-7,11-12,15,17H,4-5,8-10,18H2,1-3H3. The number of nitrogens with two attached hydrogens (primary N) is 1. The number of fused-ring (bicyclic) bond motifs is 1. The maximum atomic E-state index is 6.39. The van der Waals surface area contributed by atoms with E-state index in [0.717, 1.165) is 13.0 Å². The zero-order chi connectivity index (χ0) is 14.3. The number of benzene rings is 1. The van der Waals surface area contributed by atoms with Crippen molar-refractivity contribution < 1.29 is 0 Å². The highest BCUT2D eigenvalue weighted by molar-refractivity contribution is 5.56. The van der Waals surface area contributed by atoms with Crippen molar-refractivity contribution in [1.29, 1.82) is 0 Å². The summed E-state index contributed by atoms with van der Waals surface area (Å²) in [5.74, 6) is 0. The Morgan fingerprint density at radius 3 is 2.80 bits per heavy atom. The normalized spacial score (nSPS) is 27.1. The molecular weight excluding hydrogens is 246 g/mol. The first kappa shape index (κ1) is 13.9. The second-order valence-corrected chi connectivity index (χ2v) is 6.64. The quantitative estimate of drug-likeness (QED) is 0.899. The summed E-state index contributed by atoms with van der Waals surface area (Å²) in [6, 6.07) is 8.24. The Balaban J connectivity index is 1.93. The van der Waals surface area contributed by atoms with Gasteiger partial charge in [0, 0.05) is 37.9 Å². The van der Waals surface area contributed by atoms with E-state index in [1.807, 2.05) is 0 Å². The van der Waals surface area contributed by atoms with Crippen molar-refractivity contribution in [2.24, 2.45) is 5.73 Å². The van der Waals surface area contributed by atoms with Gasteiger partial charge in [0.05, 0.1) is 6.04 Å². The summed E-state index contributed by atoms with van der Waals surface area (Å²) in [5.41, 5.74) is 10.7. The first-order chi connectivity index (χ1) is 9.58. The first-order valence-electron chi connectivity index (χ1n) is 7.93. The Morgan fingerprint density at radius 1 is 1.25 bits per heavy atom. The van der Waals surface area contributed by atoms with E-state index in [0.29, 0.717) is 12.1 Å². The molecule has 2 aliphatic heterocycles. The molecule has 1 saturated heterocycles. The molecule has 2 heterocycles. The predicted molar refractivity (Wildman–Crippen MR) is 85.2 cm³/mol. The van der Waals surface area contributed by atoms with Crippen LogP contribution in [0.25, 0.3) is 0 Å². The summed E-state index contributed by atoms with van der Waals surface area (Å²) in [4.78, 5) is 4.93. The molecular formula is C17H27N3. The Labute approximate surface area is 122 Å². The number of rotatable bonds is 2. The highest BCUT2D eigenvalue weighted by Crippen LogP contribution is 2.36. The van der Waals surface area contributed by atoms with Gasteiger partial charge in [-0.25, -0.2) is 0 Å². The average molecular weight is 273 g/mol. The molecule has 3 rings (SSSR count). The van der Waals surface area contributed by atoms with E-state index in [9.17, 15) is 0 Å². The second-order valence-electron chi connectivity index (χ2n) is 6.64. The van der Waals surface area contributed by atoms with E-state index < -0.39 is 0 Å². The Morgan fingerprint density at radius 2 is 2.05 bits per heavy atom. The third kappa shape index (κ3) is 2.33. The van der Waals surface area contributed by atoms with Crippen LogP contribution in [0.4, 0.5) is 5.69 Å². The molecule has 0 aromatic heterocycles. The van der Waals surface area contributed by atoms with E-state index in [-0.39, 0.29) is 6.04 Å². The van der Waals surface area contributed by atoms with Crippen LogP contribution >= 0.6 is 0 Å². The molecule has 3 heteroatoms. The molecule has 2 atom stereocenters. The van der Waals surface area contributed by atoms with Crippen LogP contribution in [-0.2, 0) is 6.42 Å². The summed E-state index contributed by atoms with van der Waals surface area (Å²) in [6.07, 6.45) is 3.58. The van der Waals surface area contributed by atoms with Gasteiger partial charge < -0.3 is 10.6 Å². The fourth-order valence-electron chi connectivity index (χ4n) is 3.85. The van der Waals surface area contributed by atoms with Crippen molar-refractivity contribution in [1.82, 2.24) is 4.90 Å². The van der Waals surface area contributed by atoms with Crippen molar-refractivity contribution in [3.63, 3.8) is 0 Å². The molecule has 2 unspecified atom stereocenters. The van der Waals surface area contributed by atoms with Crippen molar-refractivity contribution >= 4 is 5.69 Å². The number of nitrogens with zero attached hydrogens (tertiary/aromatic N) is 2. The molecule has 110 valence electrons. The minimum Gasteiger partial charge on any atom is -0.374 e. The summed E-state index contributed by atoms with van der Waals surface area (Å²) >= 11 is 0. The maximum absolute atomic E-state index is 6.39. The molecule has 0 spiro atoms. The summed E-state index contributed by atoms with van der Waals surface area (Å²) in [7, 11) is 2.19. The number of anilines is 1. The molecule has 0 aliphatic carbocycles. The number of aryl methyl sites for hydroxylation is 1. The van der Waals surface area contributed by atoms with E-state index in [1.165, 1.54) is 36.2 Å². The van der Waals surface area contributed by atoms with Gasteiger partial charge in [-0.15, -0.1) is 0 Å². The number of hydrogen-bond donors (Lipinski definition) is 1. The third-order valence-corrected chi connectivity index (χ3v) is 4.94. The minimum atomic E-state index is 0.275. The van der Waals surface area contributed by atoms with Crippen LogP contribution in [0.3, 0.4) is 0 Å². The van der Waals surface area contributed by atoms with Gasteiger partial charge in [0.25, 0.3) is 0 Å². The maximum Gasteiger partial charge on any atom is 0.0502 e. The van der Waals surface area contributed by atoms with Gasteiger partial charge in [0.1, 0.15) is 0 Å². The largest absolute Gasteiger partial charge is 0.374 e. The van der Waals surface area contributed by atoms with Crippen LogP contribution in [0.15, 0.2) is 18.2 Å². The monoisotopic (exact) mass is 273 g/mol. The topological polar surface area (TPSA) is 32.5 Å². The van der Waals surface area contributed by atoms with Gasteiger partial charge in [0.2, 0.25) is 0 Å². The molecule has 1 fully saturated rings. The molecule has 20 heavy (non-hydrogen) atoms. The fourth-order valence-corrected chi connectivity index (χ4v) is 3.85. The van der Waals surface area contributed by atoms with Crippen LogP contribution in [0.1, 0.15) is 43.9 Å². The lowest BCUT2D eigenvalue weighted by Crippen LogP contribution is -2.36. The minimum absolute atomic E-state index is 0.275. The van der Waals surface area contributed by atoms with Crippen LogP contribution in [0, 0.1) is 0 Å². The molecule has 0 amide bonds. The number of likely N-dealkylation sites (tertiary alicyclic amines) is 1. The van der Waals surface area contributed by atoms with Gasteiger partial charge in [0.15, 0.2) is 0 Å². The van der Waals surface area contributed by atoms with Gasteiger partial charge in [-0.2, -0.15) is 0 Å². The SMILES string of the molecule is CC(C)N1CCC(N)C1c1ccc2c(c1)CCCN2C. The van der Waals surface area contributed by atoms with Crippen LogP contribution < -0.4 is 10.6 Å². The van der Waals surface area contributed by atoms with E-state index in [1.54, 1.807) is 0 Å². The smallest absolute Gasteiger partial charge is 0.0502 e. The van der Waals surface area contributed by atoms with Gasteiger partial charge >= 0.3 is 0 Å². The van der Waals surface area contributed by atoms with Gasteiger partial charge in [-0.1, -0.05) is 12.1 Å². The lowest BCUT2D eigenvalue weighted by atomic mass is 9.94. The third-order valence-electron chi connectivity index (χ3n) is 4.94. The highest BCUT2D eigenvalue weighted by atomic mass is 15.2. The molecule has 0 saturated carbocycles. The van der Waals surface area contributed by atoms with Crippen molar-refractivity contribution in [3.05, 3.63) is 29.3 Å². The van der Waals surface area contributed by atoms with Crippen LogP contribution in [-0.4, -0.2) is 37.1 Å². The van der Waals surface area contributed by atoms with Gasteiger partial charge in [-0.3, -0.25) is 4.90 Å². The fraction of sp³-hybridized carbons (Fsp3) is 0.647. The lowest BCUT2D eigenvalue weighted by molar-refractivity contribution is 0.198. The first-order valence-corrected chi connectivity index (χ1v) is 7.93. The summed E-state index contributed by atoms with van der Waals surface area (Å²) in [6.45, 7) is 6.85. The number of hydrogen-bond acceptors (Lipinski definition) is 3. The Hall–Kier alpha value is -1.06. The van der Waals surface area contributed by atoms with Crippen molar-refractivity contribution in [2.45, 2.75) is 51.2 Å². The summed E-state index contributed by atoms with van der Waals surface area (Å²) in [5, 5.41) is 0. The van der Waals surface area contributed by atoms with Crippen LogP contribution in [0.2, 0.25) is 0 Å². The zero-order valence-corrected chi connectivity index (χ0v) is 13.0. The molecule has 1 aromatic carbocycles. The van der Waals surface area contributed by atoms with E-state index >= 15 is 0 Å². The van der Waals surface area contributed by atoms with Crippen molar-refractivity contribution in [2.75, 3.05) is 25.0 Å². The average Bonchev–Trinajstić information content (AvgIpc) is 2.81. The molecule has 2 N–H and O–H groups in total. The second kappa shape index (κ2) is 5.38. The van der Waals surface area contributed by atoms with E-state index in [4.69, 9.17) is 5.73 Å². The Bertz CT molecular complexity index is 483. The lowest BCUT2D eigenvalue weighted by Gasteiger charge is -2.33. The van der Waals surface area contributed by atoms with Crippen molar-refractivity contribution in [3.8, 4) is 0 Å². The summed E-state index contributed by atoms with van der Waals surface area (Å²) < 4.78 is 0. The van der Waals surface area contributed by atoms with E-state index in [2.05, 4.69) is 48.9 Å². The molecule has 3 nitrogen and oxygen atoms in total.